The summed E-state index contributed by atoms with van der Waals surface area (Å²) in [6.07, 6.45) is 5.90. The zero-order chi connectivity index (χ0) is 57.1. The number of thiazole rings is 1. The van der Waals surface area contributed by atoms with Crippen LogP contribution >= 0.6 is 23.1 Å². The van der Waals surface area contributed by atoms with E-state index in [2.05, 4.69) is 46.2 Å². The first-order chi connectivity index (χ1) is 38.6. The number of unbranched alkanes of at least 4 members (excludes halogenated alkanes) is 2. The number of anilines is 1. The number of carboxylic acid groups (broad SMARTS) is 1. The van der Waals surface area contributed by atoms with E-state index in [0.29, 0.717) is 90.2 Å². The highest BCUT2D eigenvalue weighted by atomic mass is 32.2. The SMILES string of the molecule is CCC(N)=NCCC[C@H](NC(=O)OCC1c2ccccc2-c2ccccc21)C(=O)C[C@@H](Cc1cnc[nH]1)C(=O)N[C@@H](CCCCN(C)C)C(=O)C[C@@H](CCCCNC(C)=O)C(=O)Nc1ccc2nc(C3=N[C@@H](C(=O)O)CS3)sc2c1. The number of thioether (sulfide) groups is 1. The number of ether oxygens (including phenoxy) is 1. The van der Waals surface area contributed by atoms with Gasteiger partial charge in [-0.1, -0.05) is 61.9 Å². The van der Waals surface area contributed by atoms with Crippen molar-refractivity contribution < 1.29 is 43.4 Å². The summed E-state index contributed by atoms with van der Waals surface area (Å²) in [6, 6.07) is 18.3. The number of nitrogens with zero attached hydrogens (tertiary/aromatic N) is 5. The molecule has 5 atom stereocenters. The number of fused-ring (bicyclic) bond motifs is 4. The first-order valence-corrected chi connectivity index (χ1v) is 29.1. The quantitative estimate of drug-likeness (QED) is 0.0127. The Hall–Kier alpha value is -7.30. The number of aliphatic carboxylic acids is 1. The van der Waals surface area contributed by atoms with Crippen LogP contribution in [-0.4, -0.2) is 141 Å². The minimum absolute atomic E-state index is 0.0329. The predicted octanol–water partition coefficient (Wildman–Crippen LogP) is 7.28. The smallest absolute Gasteiger partial charge is 0.407 e. The van der Waals surface area contributed by atoms with Crippen LogP contribution in [0.4, 0.5) is 10.5 Å². The summed E-state index contributed by atoms with van der Waals surface area (Å²) in [6.45, 7) is 4.80. The molecule has 0 saturated carbocycles. The number of ketones is 2. The van der Waals surface area contributed by atoms with Gasteiger partial charge in [0.15, 0.2) is 17.6 Å². The van der Waals surface area contributed by atoms with Crippen molar-refractivity contribution in [2.75, 3.05) is 51.4 Å². The normalized spacial score (nSPS) is 15.5. The number of imidazole rings is 1. The van der Waals surface area contributed by atoms with Gasteiger partial charge in [-0.25, -0.2) is 19.6 Å². The lowest BCUT2D eigenvalue weighted by Gasteiger charge is -2.25. The number of aromatic amines is 1. The number of carbonyl (C=O) groups excluding carboxylic acids is 6. The van der Waals surface area contributed by atoms with Crippen molar-refractivity contribution in [1.29, 1.82) is 0 Å². The van der Waals surface area contributed by atoms with Crippen molar-refractivity contribution >= 4 is 91.2 Å². The molecule has 3 heterocycles. The molecule has 0 saturated heterocycles. The van der Waals surface area contributed by atoms with Gasteiger partial charge in [-0.3, -0.25) is 34.0 Å². The second-order valence-electron chi connectivity index (χ2n) is 20.5. The molecule has 7 rings (SSSR count). The Labute approximate surface area is 474 Å². The van der Waals surface area contributed by atoms with Gasteiger partial charge in [-0.15, -0.1) is 23.1 Å². The molecule has 4 amide bonds. The lowest BCUT2D eigenvalue weighted by molar-refractivity contribution is -0.137. The predicted molar refractivity (Wildman–Crippen MR) is 312 cm³/mol. The number of nitrogens with two attached hydrogens (primary N) is 1. The Morgan fingerprint density at radius 2 is 1.55 bits per heavy atom. The molecule has 2 aliphatic rings. The summed E-state index contributed by atoms with van der Waals surface area (Å²) in [5.74, 6) is -4.15. The highest BCUT2D eigenvalue weighted by Crippen LogP contribution is 2.44. The molecule has 80 heavy (non-hydrogen) atoms. The fourth-order valence-electron chi connectivity index (χ4n) is 9.86. The van der Waals surface area contributed by atoms with Crippen LogP contribution in [0.1, 0.15) is 112 Å². The number of aromatic nitrogens is 3. The molecule has 0 bridgehead atoms. The standard InChI is InChI=1S/C58H73N11O9S2/c1-5-52(59)62-25-14-21-46(68-58(77)78-32-44-42-18-8-6-16-40(42)41-17-7-9-19-43(41)44)50(72)29-37(27-39-31-60-34-63-39)54(74)65-45(20-11-13-26-69(3)4)49(71)28-36(15-10-12-24-61-35(2)70)53(73)64-38-22-23-47-51(30-38)80-56(66-47)55-67-48(33-79-55)57(75)76/h6-9,16-19,22-23,30-31,34,36-37,44-46,48H,5,10-15,20-21,24-29,32-33H2,1-4H3,(H2,59,62)(H,60,63)(H,61,70)(H,64,73)(H,65,74)(H,68,77)(H,75,76)/t36-,37-,45+,46+,48-/m1/s1. The van der Waals surface area contributed by atoms with Gasteiger partial charge in [0.05, 0.1) is 40.4 Å². The Morgan fingerprint density at radius 1 is 0.863 bits per heavy atom. The van der Waals surface area contributed by atoms with Crippen molar-refractivity contribution in [3.63, 3.8) is 0 Å². The van der Waals surface area contributed by atoms with E-state index in [4.69, 9.17) is 10.5 Å². The minimum atomic E-state index is -1.06. The molecule has 0 spiro atoms. The molecule has 2 aromatic heterocycles. The van der Waals surface area contributed by atoms with Crippen molar-refractivity contribution in [2.24, 2.45) is 27.6 Å². The summed E-state index contributed by atoms with van der Waals surface area (Å²) in [7, 11) is 3.90. The van der Waals surface area contributed by atoms with E-state index >= 15 is 0 Å². The lowest BCUT2D eigenvalue weighted by atomic mass is 9.89. The molecule has 426 valence electrons. The van der Waals surface area contributed by atoms with Gasteiger partial charge in [0.2, 0.25) is 17.7 Å². The Kier molecular flexibility index (Phi) is 22.5. The number of carboxylic acids is 1. The highest BCUT2D eigenvalue weighted by molar-refractivity contribution is 8.15. The monoisotopic (exact) mass is 1130 g/mol. The van der Waals surface area contributed by atoms with E-state index in [-0.39, 0.29) is 56.3 Å². The Balaban J connectivity index is 1.08. The number of aliphatic imine (C=N–C) groups is 2. The summed E-state index contributed by atoms with van der Waals surface area (Å²) < 4.78 is 6.63. The van der Waals surface area contributed by atoms with E-state index in [1.807, 2.05) is 74.4 Å². The van der Waals surface area contributed by atoms with Crippen LogP contribution in [0.25, 0.3) is 21.3 Å². The Bertz CT molecular complexity index is 2990. The van der Waals surface area contributed by atoms with Crippen molar-refractivity contribution in [2.45, 2.75) is 115 Å². The molecule has 0 fully saturated rings. The molecule has 3 aromatic carbocycles. The maximum Gasteiger partial charge on any atom is 0.407 e. The van der Waals surface area contributed by atoms with E-state index in [0.717, 1.165) is 39.9 Å². The van der Waals surface area contributed by atoms with Gasteiger partial charge < -0.3 is 46.7 Å². The lowest BCUT2D eigenvalue weighted by Crippen LogP contribution is -2.47. The van der Waals surface area contributed by atoms with Crippen LogP contribution < -0.4 is 27.0 Å². The average molecular weight is 1130 g/mol. The van der Waals surface area contributed by atoms with Crippen molar-refractivity contribution in [3.05, 3.63) is 101 Å². The molecule has 0 radical (unpaired) electrons. The van der Waals surface area contributed by atoms with Crippen LogP contribution in [0, 0.1) is 11.8 Å². The summed E-state index contributed by atoms with van der Waals surface area (Å²) >= 11 is 2.66. The first kappa shape index (κ1) is 60.3. The Morgan fingerprint density at radius 3 is 2.21 bits per heavy atom. The van der Waals surface area contributed by atoms with Crippen LogP contribution in [-0.2, 0) is 39.9 Å². The fourth-order valence-corrected chi connectivity index (χ4v) is 12.0. The molecule has 22 heteroatoms. The number of benzene rings is 3. The van der Waals surface area contributed by atoms with Crippen molar-refractivity contribution in [1.82, 2.24) is 35.8 Å². The number of Topliss-reactive ketones (excluding diaryl/α,β-unsaturated/α-hetero) is 2. The van der Waals surface area contributed by atoms with Gasteiger partial charge in [0.25, 0.3) is 0 Å². The minimum Gasteiger partial charge on any atom is -0.480 e. The number of hydrogen-bond donors (Lipinski definition) is 7. The molecular weight excluding hydrogens is 1060 g/mol. The van der Waals surface area contributed by atoms with Crippen LogP contribution in [0.15, 0.2) is 89.2 Å². The molecule has 1 aliphatic heterocycles. The van der Waals surface area contributed by atoms with Crippen LogP contribution in [0.3, 0.4) is 0 Å². The van der Waals surface area contributed by atoms with E-state index in [1.54, 1.807) is 24.4 Å². The number of rotatable bonds is 32. The van der Waals surface area contributed by atoms with Gasteiger partial charge in [0.1, 0.15) is 16.7 Å². The number of carbonyl (C=O) groups is 7. The third kappa shape index (κ3) is 17.3. The molecule has 20 nitrogen and oxygen atoms in total. The van der Waals surface area contributed by atoms with Gasteiger partial charge in [-0.05, 0) is 106 Å². The zero-order valence-corrected chi connectivity index (χ0v) is 47.5. The molecular formula is C58H73N11O9S2. The third-order valence-electron chi connectivity index (χ3n) is 14.2. The second kappa shape index (κ2) is 29.8. The molecule has 5 aromatic rings. The first-order valence-electron chi connectivity index (χ1n) is 27.3. The summed E-state index contributed by atoms with van der Waals surface area (Å²) in [5, 5.41) is 22.2. The second-order valence-corrected chi connectivity index (χ2v) is 22.6. The third-order valence-corrected chi connectivity index (χ3v) is 16.4. The largest absolute Gasteiger partial charge is 0.480 e. The van der Waals surface area contributed by atoms with Gasteiger partial charge in [0, 0.05) is 80.9 Å². The number of amidine groups is 1. The number of alkyl carbamates (subject to hydrolysis) is 1. The topological polar surface area (TPSA) is 293 Å². The zero-order valence-electron chi connectivity index (χ0n) is 45.8. The highest BCUT2D eigenvalue weighted by Gasteiger charge is 2.34. The molecule has 1 aliphatic carbocycles. The summed E-state index contributed by atoms with van der Waals surface area (Å²) in [4.78, 5) is 118. The van der Waals surface area contributed by atoms with Gasteiger partial charge in [-0.2, -0.15) is 0 Å². The fraction of sp³-hybridized carbons (Fsp3) is 0.466. The van der Waals surface area contributed by atoms with Crippen molar-refractivity contribution in [3.8, 4) is 11.1 Å². The summed E-state index contributed by atoms with van der Waals surface area (Å²) in [5.41, 5.74) is 11.9. The number of H-pyrrole nitrogens is 1. The van der Waals surface area contributed by atoms with Crippen LogP contribution in [0.5, 0.6) is 0 Å². The number of nitrogens with one attached hydrogen (secondary N) is 5. The molecule has 8 N–H and O–H groups in total. The van der Waals surface area contributed by atoms with E-state index in [1.165, 1.54) is 36.3 Å². The number of hydrogen-bond acceptors (Lipinski definition) is 15. The number of amides is 4. The molecule has 0 unspecified atom stereocenters. The van der Waals surface area contributed by atoms with Crippen LogP contribution in [0.2, 0.25) is 0 Å². The average Bonchev–Trinajstić information content (AvgIpc) is 4.29. The maximum absolute atomic E-state index is 14.8. The van der Waals surface area contributed by atoms with Gasteiger partial charge >= 0.3 is 12.1 Å². The van der Waals surface area contributed by atoms with E-state index in [9.17, 15) is 38.7 Å². The maximum atomic E-state index is 14.8. The van der Waals surface area contributed by atoms with E-state index < -0.39 is 59.6 Å².